The van der Waals surface area contributed by atoms with Gasteiger partial charge in [-0.1, -0.05) is 0 Å². The summed E-state index contributed by atoms with van der Waals surface area (Å²) >= 11 is 5.21. The normalized spacial score (nSPS) is 11.8. The van der Waals surface area contributed by atoms with Crippen molar-refractivity contribution >= 4 is 33.0 Å². The van der Waals surface area contributed by atoms with Crippen LogP contribution in [0.5, 0.6) is 0 Å². The fourth-order valence-corrected chi connectivity index (χ4v) is 2.96. The molecular weight excluding hydrogens is 308 g/mol. The Labute approximate surface area is 119 Å². The molecule has 0 amide bonds. The van der Waals surface area contributed by atoms with Gasteiger partial charge in [-0.2, -0.15) is 16.6 Å². The Morgan fingerprint density at radius 1 is 1.44 bits per heavy atom. The summed E-state index contributed by atoms with van der Waals surface area (Å²) < 4.78 is 0.929. The van der Waals surface area contributed by atoms with Crippen LogP contribution in [0.4, 0.5) is 5.69 Å². The predicted molar refractivity (Wildman–Crippen MR) is 80.0 cm³/mol. The lowest BCUT2D eigenvalue weighted by molar-refractivity contribution is 0.792. The molecule has 1 heterocycles. The Hall–Kier alpha value is -1.31. The standard InChI is InChI=1S/C14H13BrN2S/c1-10(6-12-4-5-18-9-12)17-14-3-2-11(8-16)7-13(14)15/h2-5,7,9-10,17H,6H2,1H3. The van der Waals surface area contributed by atoms with Gasteiger partial charge in [-0.3, -0.25) is 0 Å². The van der Waals surface area contributed by atoms with Crippen molar-refractivity contribution in [2.24, 2.45) is 0 Å². The van der Waals surface area contributed by atoms with Gasteiger partial charge in [0.05, 0.1) is 11.6 Å². The van der Waals surface area contributed by atoms with Crippen LogP contribution in [0.25, 0.3) is 0 Å². The molecule has 0 aliphatic carbocycles. The van der Waals surface area contributed by atoms with Crippen LogP contribution in [0.1, 0.15) is 18.1 Å². The van der Waals surface area contributed by atoms with Crippen LogP contribution in [0.15, 0.2) is 39.5 Å². The van der Waals surface area contributed by atoms with Crippen LogP contribution in [0.3, 0.4) is 0 Å². The molecule has 2 nitrogen and oxygen atoms in total. The third-order valence-electron chi connectivity index (χ3n) is 2.62. The Kier molecular flexibility index (Phi) is 4.40. The van der Waals surface area contributed by atoms with Crippen LogP contribution >= 0.6 is 27.3 Å². The van der Waals surface area contributed by atoms with E-state index in [0.717, 1.165) is 16.6 Å². The molecule has 0 fully saturated rings. The number of nitrogens with zero attached hydrogens (tertiary/aromatic N) is 1. The van der Waals surface area contributed by atoms with Gasteiger partial charge >= 0.3 is 0 Å². The van der Waals surface area contributed by atoms with Crippen LogP contribution in [0, 0.1) is 11.3 Å². The van der Waals surface area contributed by atoms with Crippen LogP contribution in [-0.4, -0.2) is 6.04 Å². The maximum absolute atomic E-state index is 8.82. The molecule has 1 aromatic carbocycles. The Balaban J connectivity index is 2.03. The van der Waals surface area contributed by atoms with Crippen molar-refractivity contribution in [3.63, 3.8) is 0 Å². The zero-order chi connectivity index (χ0) is 13.0. The molecule has 0 aliphatic rings. The molecule has 1 unspecified atom stereocenters. The van der Waals surface area contributed by atoms with Crippen molar-refractivity contribution in [3.8, 4) is 6.07 Å². The van der Waals surface area contributed by atoms with Crippen molar-refractivity contribution in [2.75, 3.05) is 5.32 Å². The lowest BCUT2D eigenvalue weighted by Gasteiger charge is -2.16. The maximum atomic E-state index is 8.82. The molecule has 0 radical (unpaired) electrons. The molecule has 4 heteroatoms. The molecule has 2 aromatic rings. The quantitative estimate of drug-likeness (QED) is 0.904. The van der Waals surface area contributed by atoms with Gasteiger partial charge in [0.15, 0.2) is 0 Å². The largest absolute Gasteiger partial charge is 0.381 e. The van der Waals surface area contributed by atoms with Gasteiger partial charge in [0.25, 0.3) is 0 Å². The summed E-state index contributed by atoms with van der Waals surface area (Å²) in [5.41, 5.74) is 3.04. The number of anilines is 1. The molecule has 0 aliphatic heterocycles. The minimum Gasteiger partial charge on any atom is -0.381 e. The maximum Gasteiger partial charge on any atom is 0.0992 e. The van der Waals surface area contributed by atoms with Gasteiger partial charge in [0.2, 0.25) is 0 Å². The first kappa shape index (κ1) is 13.1. The number of hydrogen-bond acceptors (Lipinski definition) is 3. The summed E-state index contributed by atoms with van der Waals surface area (Å²) in [4.78, 5) is 0. The summed E-state index contributed by atoms with van der Waals surface area (Å²) in [6.45, 7) is 2.16. The van der Waals surface area contributed by atoms with E-state index < -0.39 is 0 Å². The topological polar surface area (TPSA) is 35.8 Å². The number of hydrogen-bond donors (Lipinski definition) is 1. The highest BCUT2D eigenvalue weighted by Gasteiger charge is 2.07. The van der Waals surface area contributed by atoms with E-state index in [1.54, 1.807) is 11.3 Å². The van der Waals surface area contributed by atoms with Crippen molar-refractivity contribution in [3.05, 3.63) is 50.6 Å². The zero-order valence-corrected chi connectivity index (χ0v) is 12.4. The Morgan fingerprint density at radius 2 is 2.28 bits per heavy atom. The van der Waals surface area contributed by atoms with Crippen LogP contribution < -0.4 is 5.32 Å². The molecule has 0 saturated carbocycles. The monoisotopic (exact) mass is 320 g/mol. The third kappa shape index (κ3) is 3.34. The van der Waals surface area contributed by atoms with Crippen molar-refractivity contribution in [1.82, 2.24) is 0 Å². The minimum absolute atomic E-state index is 0.351. The SMILES string of the molecule is CC(Cc1ccsc1)Nc1ccc(C#N)cc1Br. The summed E-state index contributed by atoms with van der Waals surface area (Å²) in [5.74, 6) is 0. The number of benzene rings is 1. The second kappa shape index (κ2) is 6.03. The molecule has 0 saturated heterocycles. The average molecular weight is 321 g/mol. The van der Waals surface area contributed by atoms with Crippen LogP contribution in [0.2, 0.25) is 0 Å². The van der Waals surface area contributed by atoms with E-state index >= 15 is 0 Å². The summed E-state index contributed by atoms with van der Waals surface area (Å²) in [6.07, 6.45) is 0.996. The van der Waals surface area contributed by atoms with Crippen molar-refractivity contribution in [2.45, 2.75) is 19.4 Å². The van der Waals surface area contributed by atoms with E-state index in [1.807, 2.05) is 18.2 Å². The average Bonchev–Trinajstić information content (AvgIpc) is 2.84. The first-order chi connectivity index (χ1) is 8.69. The summed E-state index contributed by atoms with van der Waals surface area (Å²) in [7, 11) is 0. The predicted octanol–water partition coefficient (Wildman–Crippen LogP) is 4.43. The van der Waals surface area contributed by atoms with E-state index in [0.29, 0.717) is 11.6 Å². The molecular formula is C14H13BrN2S. The molecule has 1 N–H and O–H groups in total. The van der Waals surface area contributed by atoms with Gasteiger partial charge in [0, 0.05) is 16.2 Å². The lowest BCUT2D eigenvalue weighted by atomic mass is 10.1. The smallest absolute Gasteiger partial charge is 0.0992 e. The summed E-state index contributed by atoms with van der Waals surface area (Å²) in [6, 6.07) is 10.2. The van der Waals surface area contributed by atoms with E-state index in [1.165, 1.54) is 5.56 Å². The van der Waals surface area contributed by atoms with Crippen LogP contribution in [-0.2, 0) is 6.42 Å². The van der Waals surface area contributed by atoms with E-state index in [-0.39, 0.29) is 0 Å². The molecule has 18 heavy (non-hydrogen) atoms. The second-order valence-corrected chi connectivity index (χ2v) is 5.82. The third-order valence-corrected chi connectivity index (χ3v) is 4.01. The molecule has 1 aromatic heterocycles. The van der Waals surface area contributed by atoms with Crippen molar-refractivity contribution < 1.29 is 0 Å². The van der Waals surface area contributed by atoms with Gasteiger partial charge in [-0.05, 0) is 69.9 Å². The minimum atomic E-state index is 0.351. The van der Waals surface area contributed by atoms with E-state index in [2.05, 4.69) is 51.1 Å². The highest BCUT2D eigenvalue weighted by Crippen LogP contribution is 2.24. The lowest BCUT2D eigenvalue weighted by Crippen LogP contribution is -2.18. The number of nitrogens with one attached hydrogen (secondary N) is 1. The number of thiophene rings is 1. The van der Waals surface area contributed by atoms with E-state index in [4.69, 9.17) is 5.26 Å². The zero-order valence-electron chi connectivity index (χ0n) is 9.98. The Bertz CT molecular complexity index is 558. The second-order valence-electron chi connectivity index (χ2n) is 4.19. The summed E-state index contributed by atoms with van der Waals surface area (Å²) in [5, 5.41) is 16.5. The van der Waals surface area contributed by atoms with Gasteiger partial charge in [-0.25, -0.2) is 0 Å². The van der Waals surface area contributed by atoms with E-state index in [9.17, 15) is 0 Å². The fraction of sp³-hybridized carbons (Fsp3) is 0.214. The number of nitriles is 1. The number of rotatable bonds is 4. The first-order valence-corrected chi connectivity index (χ1v) is 7.40. The number of halogens is 1. The van der Waals surface area contributed by atoms with Gasteiger partial charge < -0.3 is 5.32 Å². The van der Waals surface area contributed by atoms with Gasteiger partial charge in [0.1, 0.15) is 0 Å². The molecule has 0 spiro atoms. The molecule has 0 bridgehead atoms. The highest BCUT2D eigenvalue weighted by molar-refractivity contribution is 9.10. The fourth-order valence-electron chi connectivity index (χ4n) is 1.78. The first-order valence-electron chi connectivity index (χ1n) is 5.66. The molecule has 1 atom stereocenters. The molecule has 2 rings (SSSR count). The highest BCUT2D eigenvalue weighted by atomic mass is 79.9. The van der Waals surface area contributed by atoms with Crippen molar-refractivity contribution in [1.29, 1.82) is 5.26 Å². The van der Waals surface area contributed by atoms with Gasteiger partial charge in [-0.15, -0.1) is 0 Å². The molecule has 92 valence electrons. The Morgan fingerprint density at radius 3 is 2.89 bits per heavy atom.